The van der Waals surface area contributed by atoms with Crippen molar-refractivity contribution in [3.63, 3.8) is 0 Å². The average molecular weight is 431 g/mol. The van der Waals surface area contributed by atoms with Crippen molar-refractivity contribution in [3.8, 4) is 11.5 Å². The molecule has 3 rings (SSSR count). The van der Waals surface area contributed by atoms with Crippen molar-refractivity contribution in [1.29, 1.82) is 0 Å². The summed E-state index contributed by atoms with van der Waals surface area (Å²) in [6.07, 6.45) is 0.539. The van der Waals surface area contributed by atoms with Crippen LogP contribution in [0.2, 0.25) is 5.02 Å². The molecule has 158 valence electrons. The van der Waals surface area contributed by atoms with Gasteiger partial charge in [-0.15, -0.1) is 0 Å². The number of imide groups is 1. The SMILES string of the molecule is COCCCN1C(=O)C(Nc2cc(OC)ccc2OC)=C(c2ccc(Cl)cc2)C1=O. The van der Waals surface area contributed by atoms with Crippen molar-refractivity contribution < 1.29 is 23.8 Å². The van der Waals surface area contributed by atoms with Crippen LogP contribution >= 0.6 is 11.6 Å². The maximum Gasteiger partial charge on any atom is 0.278 e. The molecule has 1 N–H and O–H groups in total. The van der Waals surface area contributed by atoms with Gasteiger partial charge in [0.25, 0.3) is 11.8 Å². The van der Waals surface area contributed by atoms with Crippen LogP contribution in [-0.2, 0) is 14.3 Å². The lowest BCUT2D eigenvalue weighted by molar-refractivity contribution is -0.136. The minimum Gasteiger partial charge on any atom is -0.497 e. The van der Waals surface area contributed by atoms with Gasteiger partial charge in [-0.2, -0.15) is 0 Å². The Morgan fingerprint density at radius 1 is 0.967 bits per heavy atom. The van der Waals surface area contributed by atoms with Gasteiger partial charge in [0.1, 0.15) is 17.2 Å². The number of carbonyl (C=O) groups is 2. The molecular weight excluding hydrogens is 408 g/mol. The molecule has 2 amide bonds. The third-order valence-corrected chi connectivity index (χ3v) is 4.95. The van der Waals surface area contributed by atoms with Gasteiger partial charge in [-0.3, -0.25) is 14.5 Å². The van der Waals surface area contributed by atoms with Crippen LogP contribution in [0, 0.1) is 0 Å². The van der Waals surface area contributed by atoms with Gasteiger partial charge in [0.15, 0.2) is 0 Å². The van der Waals surface area contributed by atoms with E-state index in [1.807, 2.05) is 0 Å². The highest BCUT2D eigenvalue weighted by Crippen LogP contribution is 2.35. The van der Waals surface area contributed by atoms with Crippen LogP contribution in [0.25, 0.3) is 5.57 Å². The number of nitrogens with zero attached hydrogens (tertiary/aromatic N) is 1. The van der Waals surface area contributed by atoms with Crippen molar-refractivity contribution in [1.82, 2.24) is 4.90 Å². The Morgan fingerprint density at radius 2 is 1.70 bits per heavy atom. The Hall–Kier alpha value is -3.03. The number of halogens is 1. The highest BCUT2D eigenvalue weighted by Gasteiger charge is 2.39. The topological polar surface area (TPSA) is 77.1 Å². The molecule has 0 spiro atoms. The molecule has 1 aliphatic heterocycles. The fourth-order valence-electron chi connectivity index (χ4n) is 3.19. The molecule has 1 aliphatic rings. The van der Waals surface area contributed by atoms with Gasteiger partial charge in [-0.25, -0.2) is 0 Å². The van der Waals surface area contributed by atoms with Gasteiger partial charge < -0.3 is 19.5 Å². The van der Waals surface area contributed by atoms with E-state index < -0.39 is 5.91 Å². The zero-order valence-corrected chi connectivity index (χ0v) is 17.8. The minimum atomic E-state index is -0.411. The Balaban J connectivity index is 2.04. The van der Waals surface area contributed by atoms with Crippen LogP contribution in [0.3, 0.4) is 0 Å². The molecule has 0 aromatic heterocycles. The average Bonchev–Trinajstić information content (AvgIpc) is 2.98. The standard InChI is InChI=1S/C22H23ClN2O5/c1-28-12-4-11-25-21(26)19(14-5-7-15(23)8-6-14)20(22(25)27)24-17-13-16(29-2)9-10-18(17)30-3/h5-10,13,24H,4,11-12H2,1-3H3. The summed E-state index contributed by atoms with van der Waals surface area (Å²) in [5, 5.41) is 3.64. The fraction of sp³-hybridized carbons (Fsp3) is 0.273. The minimum absolute atomic E-state index is 0.172. The van der Waals surface area contributed by atoms with Crippen molar-refractivity contribution in [2.45, 2.75) is 6.42 Å². The lowest BCUT2D eigenvalue weighted by Crippen LogP contribution is -2.33. The summed E-state index contributed by atoms with van der Waals surface area (Å²) in [5.41, 5.74) is 1.56. The van der Waals surface area contributed by atoms with Gasteiger partial charge in [0.2, 0.25) is 0 Å². The van der Waals surface area contributed by atoms with Crippen molar-refractivity contribution in [3.05, 3.63) is 58.7 Å². The number of anilines is 1. The van der Waals surface area contributed by atoms with E-state index in [4.69, 9.17) is 25.8 Å². The van der Waals surface area contributed by atoms with Gasteiger partial charge in [0, 0.05) is 31.4 Å². The summed E-state index contributed by atoms with van der Waals surface area (Å²) in [7, 11) is 4.65. The molecule has 1 heterocycles. The molecule has 0 bridgehead atoms. The predicted molar refractivity (Wildman–Crippen MR) is 115 cm³/mol. The third-order valence-electron chi connectivity index (χ3n) is 4.70. The molecule has 30 heavy (non-hydrogen) atoms. The van der Waals surface area contributed by atoms with Crippen LogP contribution in [0.1, 0.15) is 12.0 Å². The molecule has 2 aromatic rings. The summed E-state index contributed by atoms with van der Waals surface area (Å²) in [4.78, 5) is 27.5. The van der Waals surface area contributed by atoms with Crippen molar-refractivity contribution in [2.24, 2.45) is 0 Å². The van der Waals surface area contributed by atoms with Crippen LogP contribution in [0.5, 0.6) is 11.5 Å². The van der Waals surface area contributed by atoms with Crippen LogP contribution in [0.15, 0.2) is 48.2 Å². The third kappa shape index (κ3) is 4.42. The van der Waals surface area contributed by atoms with E-state index in [1.54, 1.807) is 56.7 Å². The predicted octanol–water partition coefficient (Wildman–Crippen LogP) is 3.59. The smallest absolute Gasteiger partial charge is 0.278 e. The Morgan fingerprint density at radius 3 is 2.33 bits per heavy atom. The number of carbonyl (C=O) groups excluding carboxylic acids is 2. The number of hydrogen-bond donors (Lipinski definition) is 1. The fourth-order valence-corrected chi connectivity index (χ4v) is 3.32. The second-order valence-corrected chi connectivity index (χ2v) is 6.99. The van der Waals surface area contributed by atoms with E-state index in [0.29, 0.717) is 40.8 Å². The van der Waals surface area contributed by atoms with Crippen LogP contribution in [-0.4, -0.2) is 51.2 Å². The lowest BCUT2D eigenvalue weighted by atomic mass is 10.0. The molecule has 8 heteroatoms. The molecular formula is C22H23ClN2O5. The largest absolute Gasteiger partial charge is 0.497 e. The van der Waals surface area contributed by atoms with E-state index in [2.05, 4.69) is 5.32 Å². The number of nitrogens with one attached hydrogen (secondary N) is 1. The van der Waals surface area contributed by atoms with E-state index in [1.165, 1.54) is 12.0 Å². The van der Waals surface area contributed by atoms with Gasteiger partial charge >= 0.3 is 0 Å². The molecule has 0 fully saturated rings. The van der Waals surface area contributed by atoms with Crippen molar-refractivity contribution >= 4 is 34.7 Å². The molecule has 0 saturated carbocycles. The van der Waals surface area contributed by atoms with Crippen molar-refractivity contribution in [2.75, 3.05) is 39.8 Å². The first kappa shape index (κ1) is 21.7. The summed E-state index contributed by atoms with van der Waals surface area (Å²) >= 11 is 6.00. The normalized spacial score (nSPS) is 13.8. The zero-order valence-electron chi connectivity index (χ0n) is 17.0. The second-order valence-electron chi connectivity index (χ2n) is 6.56. The molecule has 0 atom stereocenters. The summed E-state index contributed by atoms with van der Waals surface area (Å²) in [5.74, 6) is 0.311. The number of amides is 2. The monoisotopic (exact) mass is 430 g/mol. The highest BCUT2D eigenvalue weighted by atomic mass is 35.5. The van der Waals surface area contributed by atoms with E-state index in [-0.39, 0.29) is 23.7 Å². The summed E-state index contributed by atoms with van der Waals surface area (Å²) in [6.45, 7) is 0.697. The number of ether oxygens (including phenoxy) is 3. The van der Waals surface area contributed by atoms with E-state index in [9.17, 15) is 9.59 Å². The van der Waals surface area contributed by atoms with E-state index in [0.717, 1.165) is 0 Å². The van der Waals surface area contributed by atoms with Gasteiger partial charge in [0.05, 0.1) is 25.5 Å². The molecule has 7 nitrogen and oxygen atoms in total. The van der Waals surface area contributed by atoms with E-state index >= 15 is 0 Å². The number of rotatable bonds is 9. The zero-order chi connectivity index (χ0) is 21.7. The first-order valence-corrected chi connectivity index (χ1v) is 9.72. The molecule has 2 aromatic carbocycles. The van der Waals surface area contributed by atoms with Crippen LogP contribution in [0.4, 0.5) is 5.69 Å². The summed E-state index contributed by atoms with van der Waals surface area (Å²) < 4.78 is 15.7. The maximum atomic E-state index is 13.2. The van der Waals surface area contributed by atoms with Crippen LogP contribution < -0.4 is 14.8 Å². The lowest BCUT2D eigenvalue weighted by Gasteiger charge is -2.16. The highest BCUT2D eigenvalue weighted by molar-refractivity contribution is 6.37. The molecule has 0 saturated heterocycles. The first-order valence-electron chi connectivity index (χ1n) is 9.34. The second kappa shape index (κ2) is 9.65. The van der Waals surface area contributed by atoms with Gasteiger partial charge in [-0.05, 0) is 36.2 Å². The molecule has 0 radical (unpaired) electrons. The Kier molecular flexibility index (Phi) is 6.97. The number of benzene rings is 2. The number of hydrogen-bond acceptors (Lipinski definition) is 6. The molecule has 0 aliphatic carbocycles. The maximum absolute atomic E-state index is 13.2. The first-order chi connectivity index (χ1) is 14.5. The Labute approximate surface area is 180 Å². The molecule has 0 unspecified atom stereocenters. The number of methoxy groups -OCH3 is 3. The van der Waals surface area contributed by atoms with Gasteiger partial charge in [-0.1, -0.05) is 23.7 Å². The quantitative estimate of drug-likeness (QED) is 0.484. The summed E-state index contributed by atoms with van der Waals surface area (Å²) in [6, 6.07) is 12.0. The Bertz CT molecular complexity index is 972.